The van der Waals surface area contributed by atoms with Gasteiger partial charge in [0.15, 0.2) is 0 Å². The summed E-state index contributed by atoms with van der Waals surface area (Å²) in [6, 6.07) is 6.46. The molecule has 0 atom stereocenters. The molecule has 1 N–H and O–H groups in total. The zero-order valence-electron chi connectivity index (χ0n) is 11.2. The highest BCUT2D eigenvalue weighted by Gasteiger charge is 2.17. The zero-order valence-corrected chi connectivity index (χ0v) is 12.0. The Morgan fingerprint density at radius 1 is 1.37 bits per heavy atom. The van der Waals surface area contributed by atoms with E-state index < -0.39 is 10.0 Å². The number of nitrogens with one attached hydrogen (secondary N) is 1. The second-order valence-corrected chi connectivity index (χ2v) is 5.79. The first kappa shape index (κ1) is 15.7. The number of methoxy groups -OCH3 is 1. The van der Waals surface area contributed by atoms with Gasteiger partial charge in [0.1, 0.15) is 10.6 Å². The van der Waals surface area contributed by atoms with Gasteiger partial charge in [-0.3, -0.25) is 0 Å². The van der Waals surface area contributed by atoms with Crippen molar-refractivity contribution in [2.45, 2.75) is 11.8 Å². The lowest BCUT2D eigenvalue weighted by Gasteiger charge is -2.10. The standard InChI is InChI=1S/C13H19NO4S/c1-11(2)10-18-9-8-14-19(15,16)13-7-5-4-6-12(13)17-3/h4-7,14H,1,8-10H2,2-3H3. The molecule has 106 valence electrons. The summed E-state index contributed by atoms with van der Waals surface area (Å²) in [6.45, 7) is 6.46. The van der Waals surface area contributed by atoms with Crippen LogP contribution in [-0.2, 0) is 14.8 Å². The van der Waals surface area contributed by atoms with E-state index in [1.807, 2.05) is 6.92 Å². The molecule has 0 bridgehead atoms. The Bertz CT molecular complexity index is 525. The van der Waals surface area contributed by atoms with E-state index in [1.54, 1.807) is 18.2 Å². The molecule has 0 saturated heterocycles. The molecule has 0 aliphatic rings. The first-order valence-corrected chi connectivity index (χ1v) is 7.30. The first-order valence-electron chi connectivity index (χ1n) is 5.82. The van der Waals surface area contributed by atoms with Crippen LogP contribution < -0.4 is 9.46 Å². The van der Waals surface area contributed by atoms with E-state index in [-0.39, 0.29) is 11.4 Å². The van der Waals surface area contributed by atoms with Crippen molar-refractivity contribution < 1.29 is 17.9 Å². The zero-order chi connectivity index (χ0) is 14.3. The highest BCUT2D eigenvalue weighted by molar-refractivity contribution is 7.89. The Balaban J connectivity index is 2.59. The molecule has 1 aromatic rings. The molecule has 1 aromatic carbocycles. The third kappa shape index (κ3) is 5.02. The van der Waals surface area contributed by atoms with Crippen molar-refractivity contribution in [3.05, 3.63) is 36.4 Å². The molecule has 0 fully saturated rings. The van der Waals surface area contributed by atoms with Gasteiger partial charge >= 0.3 is 0 Å². The summed E-state index contributed by atoms with van der Waals surface area (Å²) in [6.07, 6.45) is 0. The summed E-state index contributed by atoms with van der Waals surface area (Å²) < 4.78 is 36.8. The van der Waals surface area contributed by atoms with Crippen LogP contribution in [0.25, 0.3) is 0 Å². The van der Waals surface area contributed by atoms with Crippen LogP contribution in [0.2, 0.25) is 0 Å². The molecule has 0 spiro atoms. The van der Waals surface area contributed by atoms with Gasteiger partial charge in [-0.25, -0.2) is 13.1 Å². The van der Waals surface area contributed by atoms with Gasteiger partial charge in [0, 0.05) is 6.54 Å². The normalized spacial score (nSPS) is 11.3. The molecule has 6 heteroatoms. The second kappa shape index (κ2) is 7.28. The van der Waals surface area contributed by atoms with Crippen molar-refractivity contribution in [1.29, 1.82) is 0 Å². The molecule has 0 aliphatic carbocycles. The topological polar surface area (TPSA) is 64.6 Å². The lowest BCUT2D eigenvalue weighted by molar-refractivity contribution is 0.162. The molecule has 0 radical (unpaired) electrons. The Hall–Kier alpha value is -1.37. The van der Waals surface area contributed by atoms with E-state index in [0.717, 1.165) is 5.57 Å². The second-order valence-electron chi connectivity index (χ2n) is 4.06. The van der Waals surface area contributed by atoms with Crippen LogP contribution in [0.15, 0.2) is 41.3 Å². The smallest absolute Gasteiger partial charge is 0.244 e. The average molecular weight is 285 g/mol. The lowest BCUT2D eigenvalue weighted by Crippen LogP contribution is -2.28. The maximum atomic E-state index is 12.0. The fraction of sp³-hybridized carbons (Fsp3) is 0.385. The number of para-hydroxylation sites is 1. The van der Waals surface area contributed by atoms with Gasteiger partial charge in [0.05, 0.1) is 20.3 Å². The van der Waals surface area contributed by atoms with Crippen molar-refractivity contribution in [2.75, 3.05) is 26.9 Å². The Morgan fingerprint density at radius 3 is 2.68 bits per heavy atom. The van der Waals surface area contributed by atoms with E-state index >= 15 is 0 Å². The number of benzene rings is 1. The van der Waals surface area contributed by atoms with Crippen molar-refractivity contribution in [3.63, 3.8) is 0 Å². The van der Waals surface area contributed by atoms with Crippen LogP contribution in [0.4, 0.5) is 0 Å². The largest absolute Gasteiger partial charge is 0.495 e. The van der Waals surface area contributed by atoms with Gasteiger partial charge in [-0.1, -0.05) is 24.3 Å². The number of hydrogen-bond donors (Lipinski definition) is 1. The van der Waals surface area contributed by atoms with Gasteiger partial charge < -0.3 is 9.47 Å². The van der Waals surface area contributed by atoms with Gasteiger partial charge in [-0.05, 0) is 19.1 Å². The number of ether oxygens (including phenoxy) is 2. The van der Waals surface area contributed by atoms with Crippen molar-refractivity contribution >= 4 is 10.0 Å². The van der Waals surface area contributed by atoms with Crippen LogP contribution in [-0.4, -0.2) is 35.3 Å². The fourth-order valence-electron chi connectivity index (χ4n) is 1.41. The van der Waals surface area contributed by atoms with Crippen molar-refractivity contribution in [1.82, 2.24) is 4.72 Å². The van der Waals surface area contributed by atoms with Crippen LogP contribution >= 0.6 is 0 Å². The minimum Gasteiger partial charge on any atom is -0.495 e. The molecule has 0 aliphatic heterocycles. The Morgan fingerprint density at radius 2 is 2.05 bits per heavy atom. The molecular weight excluding hydrogens is 266 g/mol. The summed E-state index contributed by atoms with van der Waals surface area (Å²) in [5, 5.41) is 0. The predicted octanol–water partition coefficient (Wildman–Crippen LogP) is 1.57. The van der Waals surface area contributed by atoms with Gasteiger partial charge in [-0.15, -0.1) is 0 Å². The summed E-state index contributed by atoms with van der Waals surface area (Å²) in [7, 11) is -2.15. The Kier molecular flexibility index (Phi) is 6.01. The summed E-state index contributed by atoms with van der Waals surface area (Å²) >= 11 is 0. The van der Waals surface area contributed by atoms with Gasteiger partial charge in [0.25, 0.3) is 0 Å². The minimum absolute atomic E-state index is 0.123. The van der Waals surface area contributed by atoms with Gasteiger partial charge in [-0.2, -0.15) is 0 Å². The van der Waals surface area contributed by atoms with Crippen molar-refractivity contribution in [3.8, 4) is 5.75 Å². The maximum absolute atomic E-state index is 12.0. The molecule has 5 nitrogen and oxygen atoms in total. The number of hydrogen-bond acceptors (Lipinski definition) is 4. The van der Waals surface area contributed by atoms with Crippen LogP contribution in [0.1, 0.15) is 6.92 Å². The SMILES string of the molecule is C=C(C)COCCNS(=O)(=O)c1ccccc1OC. The molecule has 0 amide bonds. The fourth-order valence-corrected chi connectivity index (χ4v) is 2.59. The average Bonchev–Trinajstić information content (AvgIpc) is 2.37. The number of rotatable bonds is 8. The summed E-state index contributed by atoms with van der Waals surface area (Å²) in [4.78, 5) is 0.123. The third-order valence-electron chi connectivity index (χ3n) is 2.25. The Labute approximate surface area is 114 Å². The molecule has 0 saturated carbocycles. The van der Waals surface area contributed by atoms with E-state index in [4.69, 9.17) is 9.47 Å². The summed E-state index contributed by atoms with van der Waals surface area (Å²) in [5.41, 5.74) is 0.896. The van der Waals surface area contributed by atoms with E-state index in [2.05, 4.69) is 11.3 Å². The lowest BCUT2D eigenvalue weighted by atomic mass is 10.3. The molecule has 1 rings (SSSR count). The van der Waals surface area contributed by atoms with Gasteiger partial charge in [0.2, 0.25) is 10.0 Å². The van der Waals surface area contributed by atoms with E-state index in [9.17, 15) is 8.42 Å². The third-order valence-corrected chi connectivity index (χ3v) is 3.75. The predicted molar refractivity (Wildman–Crippen MR) is 73.8 cm³/mol. The van der Waals surface area contributed by atoms with Crippen LogP contribution in [0.3, 0.4) is 0 Å². The molecule has 0 heterocycles. The summed E-state index contributed by atoms with van der Waals surface area (Å²) in [5.74, 6) is 0.317. The first-order chi connectivity index (χ1) is 8.97. The van der Waals surface area contributed by atoms with Crippen LogP contribution in [0.5, 0.6) is 5.75 Å². The maximum Gasteiger partial charge on any atom is 0.244 e. The van der Waals surface area contributed by atoms with E-state index in [1.165, 1.54) is 13.2 Å². The highest BCUT2D eigenvalue weighted by Crippen LogP contribution is 2.22. The molecule has 19 heavy (non-hydrogen) atoms. The van der Waals surface area contributed by atoms with Crippen LogP contribution in [0, 0.1) is 0 Å². The molecule has 0 aromatic heterocycles. The highest BCUT2D eigenvalue weighted by atomic mass is 32.2. The van der Waals surface area contributed by atoms with E-state index in [0.29, 0.717) is 19.0 Å². The monoisotopic (exact) mass is 285 g/mol. The minimum atomic E-state index is -3.58. The molecule has 0 unspecified atom stereocenters. The van der Waals surface area contributed by atoms with Crippen molar-refractivity contribution in [2.24, 2.45) is 0 Å². The number of sulfonamides is 1. The quantitative estimate of drug-likeness (QED) is 0.581. The molecular formula is C13H19NO4S.